The minimum atomic E-state index is -0.566. The number of anilines is 3. The molecule has 0 spiro atoms. The molecule has 0 saturated carbocycles. The summed E-state index contributed by atoms with van der Waals surface area (Å²) in [6, 6.07) is 13.2. The first kappa shape index (κ1) is 21.9. The van der Waals surface area contributed by atoms with Crippen molar-refractivity contribution in [1.82, 2.24) is 15.4 Å². The number of rotatable bonds is 6. The second kappa shape index (κ2) is 9.47. The first-order valence-electron chi connectivity index (χ1n) is 10.3. The van der Waals surface area contributed by atoms with Crippen molar-refractivity contribution in [3.63, 3.8) is 0 Å². The second-order valence-corrected chi connectivity index (χ2v) is 7.50. The topological polar surface area (TPSA) is 117 Å². The molecule has 3 aromatic rings. The molecule has 0 atom stereocenters. The number of piperazine rings is 1. The predicted molar refractivity (Wildman–Crippen MR) is 122 cm³/mol. The fourth-order valence-electron chi connectivity index (χ4n) is 3.70. The smallest absolute Gasteiger partial charge is 0.355 e. The molecule has 2 aromatic carbocycles. The highest BCUT2D eigenvalue weighted by Gasteiger charge is 2.29. The van der Waals surface area contributed by atoms with Crippen LogP contribution < -0.4 is 20.7 Å². The Bertz CT molecular complexity index is 1160. The molecule has 170 valence electrons. The van der Waals surface area contributed by atoms with Crippen LogP contribution in [0.2, 0.25) is 0 Å². The third-order valence-corrected chi connectivity index (χ3v) is 5.44. The van der Waals surface area contributed by atoms with E-state index in [1.165, 1.54) is 18.5 Å². The van der Waals surface area contributed by atoms with Crippen molar-refractivity contribution in [2.45, 2.75) is 6.92 Å². The van der Waals surface area contributed by atoms with Crippen LogP contribution in [-0.2, 0) is 0 Å². The van der Waals surface area contributed by atoms with Gasteiger partial charge in [-0.3, -0.25) is 25.8 Å². The van der Waals surface area contributed by atoms with Gasteiger partial charge in [-0.15, -0.1) is 0 Å². The molecule has 1 fully saturated rings. The number of hydrogen-bond donors (Lipinski definition) is 2. The van der Waals surface area contributed by atoms with Crippen molar-refractivity contribution in [2.75, 3.05) is 41.4 Å². The lowest BCUT2D eigenvalue weighted by molar-refractivity contribution is -0.383. The van der Waals surface area contributed by atoms with Gasteiger partial charge in [0.2, 0.25) is 11.6 Å². The van der Waals surface area contributed by atoms with Crippen molar-refractivity contribution >= 4 is 28.9 Å². The summed E-state index contributed by atoms with van der Waals surface area (Å²) >= 11 is 0. The Kier molecular flexibility index (Phi) is 6.29. The first-order valence-corrected chi connectivity index (χ1v) is 10.3. The summed E-state index contributed by atoms with van der Waals surface area (Å²) in [6.45, 7) is 3.92. The Morgan fingerprint density at radius 2 is 1.70 bits per heavy atom. The standard InChI is InChI=1S/C22H22FN7O3/c1-15-4-2-3-5-18(15)22(31)27-26-20-19(30(32)33)21(25-14-24-20)29-12-10-28(11-13-29)17-8-6-16(23)7-9-17/h2-9,14H,10-13H2,1H3,(H,27,31)(H,24,25,26). The molecule has 11 heteroatoms. The number of nitrogens with zero attached hydrogens (tertiary/aromatic N) is 5. The largest absolute Gasteiger partial charge is 0.368 e. The van der Waals surface area contributed by atoms with E-state index in [2.05, 4.69) is 25.7 Å². The molecule has 1 aliphatic heterocycles. The minimum absolute atomic E-state index is 0.104. The number of carbonyl (C=O) groups excluding carboxylic acids is 1. The Labute approximate surface area is 189 Å². The molecule has 2 heterocycles. The third-order valence-electron chi connectivity index (χ3n) is 5.44. The summed E-state index contributed by atoms with van der Waals surface area (Å²) in [4.78, 5) is 35.8. The number of benzene rings is 2. The number of amides is 1. The zero-order valence-corrected chi connectivity index (χ0v) is 17.9. The van der Waals surface area contributed by atoms with Gasteiger partial charge in [0.15, 0.2) is 0 Å². The lowest BCUT2D eigenvalue weighted by atomic mass is 10.1. The molecule has 1 aromatic heterocycles. The van der Waals surface area contributed by atoms with Crippen molar-refractivity contribution in [2.24, 2.45) is 0 Å². The SMILES string of the molecule is Cc1ccccc1C(=O)NNc1ncnc(N2CCN(c3ccc(F)cc3)CC2)c1[N+](=O)[O-]. The van der Waals surface area contributed by atoms with Gasteiger partial charge in [-0.25, -0.2) is 14.4 Å². The van der Waals surface area contributed by atoms with Crippen LogP contribution >= 0.6 is 0 Å². The molecule has 2 N–H and O–H groups in total. The molecule has 1 amide bonds. The van der Waals surface area contributed by atoms with Gasteiger partial charge in [0.05, 0.1) is 4.92 Å². The summed E-state index contributed by atoms with van der Waals surface area (Å²) in [7, 11) is 0. The highest BCUT2D eigenvalue weighted by molar-refractivity contribution is 5.96. The van der Waals surface area contributed by atoms with E-state index in [0.29, 0.717) is 31.7 Å². The molecule has 0 bridgehead atoms. The van der Waals surface area contributed by atoms with Crippen molar-refractivity contribution in [3.05, 3.63) is 81.9 Å². The zero-order valence-electron chi connectivity index (χ0n) is 17.9. The van der Waals surface area contributed by atoms with Crippen molar-refractivity contribution in [1.29, 1.82) is 0 Å². The van der Waals surface area contributed by atoms with E-state index in [0.717, 1.165) is 11.3 Å². The van der Waals surface area contributed by atoms with E-state index >= 15 is 0 Å². The van der Waals surface area contributed by atoms with Crippen LogP contribution in [-0.4, -0.2) is 47.0 Å². The maximum absolute atomic E-state index is 13.2. The summed E-state index contributed by atoms with van der Waals surface area (Å²) in [5.74, 6) is -0.673. The third kappa shape index (κ3) is 4.81. The Morgan fingerprint density at radius 3 is 2.36 bits per heavy atom. The van der Waals surface area contributed by atoms with Gasteiger partial charge < -0.3 is 9.80 Å². The number of halogens is 1. The number of nitro groups is 1. The predicted octanol–water partition coefficient (Wildman–Crippen LogP) is 2.92. The summed E-state index contributed by atoms with van der Waals surface area (Å²) in [5.41, 5.74) is 6.83. The highest BCUT2D eigenvalue weighted by atomic mass is 19.1. The second-order valence-electron chi connectivity index (χ2n) is 7.50. The summed E-state index contributed by atoms with van der Waals surface area (Å²) < 4.78 is 13.2. The van der Waals surface area contributed by atoms with E-state index < -0.39 is 10.8 Å². The zero-order chi connectivity index (χ0) is 23.4. The normalized spacial score (nSPS) is 13.5. The van der Waals surface area contributed by atoms with Crippen molar-refractivity contribution in [3.8, 4) is 0 Å². The average Bonchev–Trinajstić information content (AvgIpc) is 2.83. The van der Waals surface area contributed by atoms with Gasteiger partial charge >= 0.3 is 5.69 Å². The van der Waals surface area contributed by atoms with Gasteiger partial charge in [0.1, 0.15) is 12.1 Å². The molecular weight excluding hydrogens is 429 g/mol. The van der Waals surface area contributed by atoms with E-state index in [1.54, 1.807) is 42.2 Å². The molecule has 1 aliphatic rings. The summed E-state index contributed by atoms with van der Waals surface area (Å²) in [5, 5.41) is 11.9. The number of carbonyl (C=O) groups is 1. The van der Waals surface area contributed by atoms with Gasteiger partial charge in [0.25, 0.3) is 5.91 Å². The van der Waals surface area contributed by atoms with Gasteiger partial charge in [-0.1, -0.05) is 18.2 Å². The molecule has 0 unspecified atom stereocenters. The number of hydrogen-bond acceptors (Lipinski definition) is 8. The molecule has 1 saturated heterocycles. The molecule has 10 nitrogen and oxygen atoms in total. The van der Waals surface area contributed by atoms with Crippen LogP contribution in [0.5, 0.6) is 0 Å². The van der Waals surface area contributed by atoms with Gasteiger partial charge in [-0.05, 0) is 42.8 Å². The Morgan fingerprint density at radius 1 is 1.03 bits per heavy atom. The highest BCUT2D eigenvalue weighted by Crippen LogP contribution is 2.32. The number of aromatic nitrogens is 2. The average molecular weight is 451 g/mol. The quantitative estimate of drug-likeness (QED) is 0.434. The van der Waals surface area contributed by atoms with Crippen LogP contribution in [0.1, 0.15) is 15.9 Å². The maximum Gasteiger partial charge on any atom is 0.355 e. The van der Waals surface area contributed by atoms with Crippen molar-refractivity contribution < 1.29 is 14.1 Å². The van der Waals surface area contributed by atoms with E-state index in [4.69, 9.17) is 0 Å². The molecule has 0 aliphatic carbocycles. The maximum atomic E-state index is 13.2. The van der Waals surface area contributed by atoms with E-state index in [1.807, 2.05) is 6.07 Å². The Balaban J connectivity index is 1.49. The first-order chi connectivity index (χ1) is 15.9. The van der Waals surface area contributed by atoms with E-state index in [9.17, 15) is 19.3 Å². The van der Waals surface area contributed by atoms with Crippen LogP contribution in [0.3, 0.4) is 0 Å². The van der Waals surface area contributed by atoms with Gasteiger partial charge in [0, 0.05) is 37.4 Å². The lowest BCUT2D eigenvalue weighted by Gasteiger charge is -2.36. The number of hydrazine groups is 1. The Hall–Kier alpha value is -4.28. The van der Waals surface area contributed by atoms with Crippen LogP contribution in [0.4, 0.5) is 27.4 Å². The number of nitrogens with one attached hydrogen (secondary N) is 2. The lowest BCUT2D eigenvalue weighted by Crippen LogP contribution is -2.47. The molecule has 4 rings (SSSR count). The minimum Gasteiger partial charge on any atom is -0.368 e. The molecular formula is C22H22FN7O3. The van der Waals surface area contributed by atoms with Crippen LogP contribution in [0.15, 0.2) is 54.9 Å². The van der Waals surface area contributed by atoms with Crippen LogP contribution in [0.25, 0.3) is 0 Å². The fraction of sp³-hybridized carbons (Fsp3) is 0.227. The number of aryl methyl sites for hydroxylation is 1. The monoisotopic (exact) mass is 451 g/mol. The molecule has 33 heavy (non-hydrogen) atoms. The summed E-state index contributed by atoms with van der Waals surface area (Å²) in [6.07, 6.45) is 1.22. The van der Waals surface area contributed by atoms with Gasteiger partial charge in [-0.2, -0.15) is 0 Å². The fourth-order valence-corrected chi connectivity index (χ4v) is 3.70. The van der Waals surface area contributed by atoms with E-state index in [-0.39, 0.29) is 23.1 Å². The van der Waals surface area contributed by atoms with Crippen LogP contribution in [0, 0.1) is 22.9 Å². The molecule has 0 radical (unpaired) electrons.